The number of methoxy groups -OCH3 is 3. The van der Waals surface area contributed by atoms with Gasteiger partial charge in [-0.1, -0.05) is 18.2 Å². The average molecular weight is 384 g/mol. The van der Waals surface area contributed by atoms with Crippen LogP contribution in [0, 0.1) is 6.92 Å². The number of hydrogen-bond acceptors (Lipinski definition) is 8. The second kappa shape index (κ2) is 8.43. The maximum Gasteiger partial charge on any atom is 0.338 e. The summed E-state index contributed by atoms with van der Waals surface area (Å²) in [5.74, 6) is 1.34. The Kier molecular flexibility index (Phi) is 5.78. The van der Waals surface area contributed by atoms with Crippen LogP contribution in [0.5, 0.6) is 17.2 Å². The van der Waals surface area contributed by atoms with E-state index in [0.717, 1.165) is 5.56 Å². The zero-order chi connectivity index (χ0) is 20.1. The summed E-state index contributed by atoms with van der Waals surface area (Å²) in [6, 6.07) is 10.6. The molecule has 0 amide bonds. The first-order valence-electron chi connectivity index (χ1n) is 8.43. The first-order valence-corrected chi connectivity index (χ1v) is 8.43. The minimum atomic E-state index is -0.453. The van der Waals surface area contributed by atoms with Gasteiger partial charge in [-0.05, 0) is 30.7 Å². The Morgan fingerprint density at radius 1 is 1.00 bits per heavy atom. The van der Waals surface area contributed by atoms with Crippen molar-refractivity contribution in [2.45, 2.75) is 13.5 Å². The number of rotatable bonds is 7. The van der Waals surface area contributed by atoms with Gasteiger partial charge in [-0.2, -0.15) is 0 Å². The Morgan fingerprint density at radius 2 is 1.68 bits per heavy atom. The molecule has 8 heteroatoms. The third kappa shape index (κ3) is 3.90. The highest BCUT2D eigenvalue weighted by Gasteiger charge is 2.18. The predicted molar refractivity (Wildman–Crippen MR) is 99.7 cm³/mol. The van der Waals surface area contributed by atoms with E-state index in [-0.39, 0.29) is 18.4 Å². The number of ether oxygens (including phenoxy) is 4. The third-order valence-corrected chi connectivity index (χ3v) is 4.07. The fourth-order valence-electron chi connectivity index (χ4n) is 2.64. The molecule has 3 aromatic rings. The largest absolute Gasteiger partial charge is 0.493 e. The quantitative estimate of drug-likeness (QED) is 0.572. The molecule has 28 heavy (non-hydrogen) atoms. The van der Waals surface area contributed by atoms with Crippen molar-refractivity contribution in [1.29, 1.82) is 0 Å². The van der Waals surface area contributed by atoms with E-state index in [4.69, 9.17) is 23.4 Å². The van der Waals surface area contributed by atoms with Crippen LogP contribution in [0.1, 0.15) is 21.8 Å². The van der Waals surface area contributed by atoms with E-state index >= 15 is 0 Å². The summed E-state index contributed by atoms with van der Waals surface area (Å²) >= 11 is 0. The monoisotopic (exact) mass is 384 g/mol. The number of carbonyl (C=O) groups is 1. The fraction of sp³-hybridized carbons (Fsp3) is 0.250. The molecule has 0 atom stereocenters. The van der Waals surface area contributed by atoms with E-state index in [1.54, 1.807) is 24.3 Å². The molecule has 1 aromatic heterocycles. The van der Waals surface area contributed by atoms with Gasteiger partial charge in [-0.3, -0.25) is 0 Å². The second-order valence-corrected chi connectivity index (χ2v) is 5.81. The Bertz CT molecular complexity index is 957. The van der Waals surface area contributed by atoms with Crippen LogP contribution >= 0.6 is 0 Å². The van der Waals surface area contributed by atoms with Crippen LogP contribution in [-0.2, 0) is 11.3 Å². The molecule has 0 saturated carbocycles. The lowest BCUT2D eigenvalue weighted by atomic mass is 10.1. The molecule has 0 fully saturated rings. The molecule has 0 aliphatic heterocycles. The van der Waals surface area contributed by atoms with Gasteiger partial charge in [0.2, 0.25) is 11.6 Å². The number of esters is 1. The van der Waals surface area contributed by atoms with Gasteiger partial charge in [0.25, 0.3) is 5.89 Å². The summed E-state index contributed by atoms with van der Waals surface area (Å²) in [4.78, 5) is 12.2. The number of aromatic nitrogens is 2. The summed E-state index contributed by atoms with van der Waals surface area (Å²) in [5.41, 5.74) is 1.90. The topological polar surface area (TPSA) is 92.9 Å². The second-order valence-electron chi connectivity index (χ2n) is 5.81. The Hall–Kier alpha value is -3.55. The SMILES string of the molecule is COc1cc(-c2nnc(COC(=O)c3ccccc3C)o2)cc(OC)c1OC. The van der Waals surface area contributed by atoms with E-state index in [1.807, 2.05) is 19.1 Å². The van der Waals surface area contributed by atoms with E-state index in [9.17, 15) is 4.79 Å². The Labute approximate surface area is 162 Å². The molecule has 0 N–H and O–H groups in total. The number of benzene rings is 2. The molecule has 2 aromatic carbocycles. The van der Waals surface area contributed by atoms with Gasteiger partial charge in [-0.15, -0.1) is 10.2 Å². The fourth-order valence-corrected chi connectivity index (χ4v) is 2.64. The van der Waals surface area contributed by atoms with Crippen molar-refractivity contribution in [2.24, 2.45) is 0 Å². The van der Waals surface area contributed by atoms with Crippen molar-refractivity contribution in [3.63, 3.8) is 0 Å². The molecule has 0 unspecified atom stereocenters. The molecule has 0 radical (unpaired) electrons. The number of hydrogen-bond donors (Lipinski definition) is 0. The third-order valence-electron chi connectivity index (χ3n) is 4.07. The molecule has 1 heterocycles. The van der Waals surface area contributed by atoms with Gasteiger partial charge in [0, 0.05) is 5.56 Å². The van der Waals surface area contributed by atoms with Gasteiger partial charge in [0.1, 0.15) is 0 Å². The van der Waals surface area contributed by atoms with Crippen molar-refractivity contribution in [3.05, 3.63) is 53.4 Å². The highest BCUT2D eigenvalue weighted by atomic mass is 16.5. The van der Waals surface area contributed by atoms with Gasteiger partial charge in [0.15, 0.2) is 18.1 Å². The molecule has 0 spiro atoms. The van der Waals surface area contributed by atoms with Crippen molar-refractivity contribution in [3.8, 4) is 28.7 Å². The lowest BCUT2D eigenvalue weighted by molar-refractivity contribution is 0.0438. The van der Waals surface area contributed by atoms with Crippen LogP contribution in [0.4, 0.5) is 0 Å². The molecule has 0 saturated heterocycles. The van der Waals surface area contributed by atoms with Crippen LogP contribution in [0.3, 0.4) is 0 Å². The first-order chi connectivity index (χ1) is 13.6. The standard InChI is InChI=1S/C20H20N2O6/c1-12-7-5-6-8-14(12)20(23)27-11-17-21-22-19(28-17)13-9-15(24-2)18(26-4)16(10-13)25-3/h5-10H,11H2,1-4H3. The van der Waals surface area contributed by atoms with Crippen LogP contribution in [-0.4, -0.2) is 37.5 Å². The van der Waals surface area contributed by atoms with E-state index in [2.05, 4.69) is 10.2 Å². The van der Waals surface area contributed by atoms with Gasteiger partial charge in [0.05, 0.1) is 26.9 Å². The van der Waals surface area contributed by atoms with E-state index in [1.165, 1.54) is 21.3 Å². The molecule has 8 nitrogen and oxygen atoms in total. The van der Waals surface area contributed by atoms with Gasteiger partial charge in [-0.25, -0.2) is 4.79 Å². The molecular formula is C20H20N2O6. The van der Waals surface area contributed by atoms with Crippen LogP contribution in [0.25, 0.3) is 11.5 Å². The van der Waals surface area contributed by atoms with E-state index < -0.39 is 5.97 Å². The maximum absolute atomic E-state index is 12.2. The van der Waals surface area contributed by atoms with Crippen molar-refractivity contribution in [2.75, 3.05) is 21.3 Å². The number of carbonyl (C=O) groups excluding carboxylic acids is 1. The normalized spacial score (nSPS) is 10.4. The lowest BCUT2D eigenvalue weighted by Gasteiger charge is -2.12. The number of aryl methyl sites for hydroxylation is 1. The minimum Gasteiger partial charge on any atom is -0.493 e. The zero-order valence-electron chi connectivity index (χ0n) is 16.0. The predicted octanol–water partition coefficient (Wildman–Crippen LogP) is 3.43. The van der Waals surface area contributed by atoms with Gasteiger partial charge >= 0.3 is 5.97 Å². The summed E-state index contributed by atoms with van der Waals surface area (Å²) in [5, 5.41) is 7.93. The van der Waals surface area contributed by atoms with Crippen LogP contribution in [0.2, 0.25) is 0 Å². The Balaban J connectivity index is 1.77. The first kappa shape index (κ1) is 19.2. The van der Waals surface area contributed by atoms with E-state index in [0.29, 0.717) is 28.4 Å². The summed E-state index contributed by atoms with van der Waals surface area (Å²) < 4.78 is 26.8. The molecule has 0 bridgehead atoms. The summed E-state index contributed by atoms with van der Waals surface area (Å²) in [6.45, 7) is 1.70. The molecule has 0 aliphatic rings. The average Bonchev–Trinajstić information content (AvgIpc) is 3.20. The molecule has 146 valence electrons. The number of nitrogens with zero attached hydrogens (tertiary/aromatic N) is 2. The Morgan fingerprint density at radius 3 is 2.29 bits per heavy atom. The smallest absolute Gasteiger partial charge is 0.338 e. The van der Waals surface area contributed by atoms with Crippen LogP contribution in [0.15, 0.2) is 40.8 Å². The lowest BCUT2D eigenvalue weighted by Crippen LogP contribution is -2.07. The minimum absolute atomic E-state index is 0.134. The highest BCUT2D eigenvalue weighted by Crippen LogP contribution is 2.40. The van der Waals surface area contributed by atoms with Crippen molar-refractivity contribution >= 4 is 5.97 Å². The summed E-state index contributed by atoms with van der Waals surface area (Å²) in [6.07, 6.45) is 0. The zero-order valence-corrected chi connectivity index (χ0v) is 16.0. The highest BCUT2D eigenvalue weighted by molar-refractivity contribution is 5.90. The van der Waals surface area contributed by atoms with Crippen molar-refractivity contribution in [1.82, 2.24) is 10.2 Å². The maximum atomic E-state index is 12.2. The van der Waals surface area contributed by atoms with Gasteiger partial charge < -0.3 is 23.4 Å². The van der Waals surface area contributed by atoms with Crippen LogP contribution < -0.4 is 14.2 Å². The van der Waals surface area contributed by atoms with Crippen molar-refractivity contribution < 1.29 is 28.2 Å². The summed E-state index contributed by atoms with van der Waals surface area (Å²) in [7, 11) is 4.56. The molecule has 3 rings (SSSR count). The molecular weight excluding hydrogens is 364 g/mol. The molecule has 0 aliphatic carbocycles.